The first-order chi connectivity index (χ1) is 8.49. The number of hydrazine groups is 1. The molecule has 1 saturated carbocycles. The number of nitrogens with two attached hydrogens (primary N) is 1. The maximum absolute atomic E-state index is 5.71. The van der Waals surface area contributed by atoms with Crippen molar-refractivity contribution in [3.8, 4) is 11.8 Å². The lowest BCUT2D eigenvalue weighted by molar-refractivity contribution is 0.131. The fourth-order valence-corrected chi connectivity index (χ4v) is 3.20. The van der Waals surface area contributed by atoms with Crippen LogP contribution in [0.5, 0.6) is 0 Å². The number of rotatable bonds is 4. The van der Waals surface area contributed by atoms with Crippen LogP contribution in [0.3, 0.4) is 0 Å². The molecule has 0 aromatic rings. The third-order valence-electron chi connectivity index (χ3n) is 4.54. The third-order valence-corrected chi connectivity index (χ3v) is 4.54. The molecule has 1 atom stereocenters. The van der Waals surface area contributed by atoms with Gasteiger partial charge in [-0.15, -0.1) is 11.8 Å². The Morgan fingerprint density at radius 2 is 1.83 bits per heavy atom. The van der Waals surface area contributed by atoms with Crippen LogP contribution in [0.25, 0.3) is 0 Å². The van der Waals surface area contributed by atoms with Gasteiger partial charge in [-0.05, 0) is 56.3 Å². The van der Waals surface area contributed by atoms with Crippen LogP contribution in [-0.2, 0) is 0 Å². The van der Waals surface area contributed by atoms with Crippen molar-refractivity contribution in [2.75, 3.05) is 0 Å². The van der Waals surface area contributed by atoms with Crippen molar-refractivity contribution < 1.29 is 0 Å². The summed E-state index contributed by atoms with van der Waals surface area (Å²) < 4.78 is 0. The summed E-state index contributed by atoms with van der Waals surface area (Å²) in [5.74, 6) is 13.4. The zero-order valence-electron chi connectivity index (χ0n) is 12.6. The molecule has 1 aliphatic rings. The maximum Gasteiger partial charge on any atom is 0.0247 e. The van der Waals surface area contributed by atoms with Gasteiger partial charge < -0.3 is 0 Å². The van der Waals surface area contributed by atoms with Crippen molar-refractivity contribution in [3.05, 3.63) is 0 Å². The summed E-state index contributed by atoms with van der Waals surface area (Å²) in [7, 11) is 0. The van der Waals surface area contributed by atoms with Gasteiger partial charge in [-0.25, -0.2) is 0 Å². The molecule has 0 aromatic carbocycles. The first kappa shape index (κ1) is 15.5. The van der Waals surface area contributed by atoms with Crippen LogP contribution in [0.2, 0.25) is 0 Å². The van der Waals surface area contributed by atoms with E-state index in [4.69, 9.17) is 5.84 Å². The molecule has 0 heterocycles. The molecular weight excluding hydrogens is 220 g/mol. The number of hydrogen-bond donors (Lipinski definition) is 2. The molecule has 2 nitrogen and oxygen atoms in total. The molecule has 0 spiro atoms. The molecule has 104 valence electrons. The molecule has 0 aromatic heterocycles. The van der Waals surface area contributed by atoms with Gasteiger partial charge in [0, 0.05) is 12.5 Å². The van der Waals surface area contributed by atoms with Crippen LogP contribution < -0.4 is 11.3 Å². The van der Waals surface area contributed by atoms with Crippen molar-refractivity contribution in [2.24, 2.45) is 23.1 Å². The van der Waals surface area contributed by atoms with E-state index in [0.29, 0.717) is 11.5 Å². The van der Waals surface area contributed by atoms with Gasteiger partial charge in [0.25, 0.3) is 0 Å². The van der Waals surface area contributed by atoms with E-state index in [1.165, 1.54) is 25.7 Å². The minimum Gasteiger partial charge on any atom is -0.271 e. The summed E-state index contributed by atoms with van der Waals surface area (Å²) in [6.07, 6.45) is 7.39. The lowest BCUT2D eigenvalue weighted by atomic mass is 9.68. The van der Waals surface area contributed by atoms with Crippen molar-refractivity contribution in [2.45, 2.75) is 72.3 Å². The number of hydrogen-bond acceptors (Lipinski definition) is 2. The van der Waals surface area contributed by atoms with Gasteiger partial charge in [0.1, 0.15) is 0 Å². The standard InChI is InChI=1S/C16H30N2/c1-5-6-7-8-15(18-17)13-9-11-14(12-10-13)16(2,3)4/h13-15,18H,7-12,17H2,1-4H3. The molecule has 3 N–H and O–H groups in total. The monoisotopic (exact) mass is 250 g/mol. The summed E-state index contributed by atoms with van der Waals surface area (Å²) >= 11 is 0. The van der Waals surface area contributed by atoms with E-state index in [2.05, 4.69) is 38.0 Å². The van der Waals surface area contributed by atoms with Crippen molar-refractivity contribution >= 4 is 0 Å². The normalized spacial score (nSPS) is 26.3. The van der Waals surface area contributed by atoms with E-state index >= 15 is 0 Å². The third kappa shape index (κ3) is 4.63. The van der Waals surface area contributed by atoms with Crippen LogP contribution in [0.1, 0.15) is 66.2 Å². The predicted octanol–water partition coefficient (Wildman–Crippen LogP) is 3.47. The topological polar surface area (TPSA) is 38.0 Å². The Morgan fingerprint density at radius 3 is 2.28 bits per heavy atom. The summed E-state index contributed by atoms with van der Waals surface area (Å²) in [5.41, 5.74) is 3.48. The largest absolute Gasteiger partial charge is 0.271 e. The molecular formula is C16H30N2. The van der Waals surface area contributed by atoms with Crippen molar-refractivity contribution in [3.63, 3.8) is 0 Å². The van der Waals surface area contributed by atoms with Gasteiger partial charge in [0.2, 0.25) is 0 Å². The zero-order valence-corrected chi connectivity index (χ0v) is 12.6. The van der Waals surface area contributed by atoms with E-state index < -0.39 is 0 Å². The minimum atomic E-state index is 0.451. The Morgan fingerprint density at radius 1 is 1.22 bits per heavy atom. The highest BCUT2D eigenvalue weighted by Gasteiger charge is 2.32. The van der Waals surface area contributed by atoms with Crippen LogP contribution in [0.4, 0.5) is 0 Å². The first-order valence-corrected chi connectivity index (χ1v) is 7.34. The molecule has 0 bridgehead atoms. The summed E-state index contributed by atoms with van der Waals surface area (Å²) in [6, 6.07) is 0.451. The lowest BCUT2D eigenvalue weighted by Gasteiger charge is -2.39. The van der Waals surface area contributed by atoms with Crippen molar-refractivity contribution in [1.82, 2.24) is 5.43 Å². The maximum atomic E-state index is 5.71. The lowest BCUT2D eigenvalue weighted by Crippen LogP contribution is -2.43. The molecule has 0 aliphatic heterocycles. The molecule has 1 unspecified atom stereocenters. The van der Waals surface area contributed by atoms with Crippen LogP contribution >= 0.6 is 0 Å². The average molecular weight is 250 g/mol. The highest BCUT2D eigenvalue weighted by atomic mass is 15.2. The van der Waals surface area contributed by atoms with Gasteiger partial charge in [-0.1, -0.05) is 20.8 Å². The van der Waals surface area contributed by atoms with Crippen LogP contribution in [0, 0.1) is 29.1 Å². The summed E-state index contributed by atoms with van der Waals surface area (Å²) in [4.78, 5) is 0. The first-order valence-electron chi connectivity index (χ1n) is 7.34. The van der Waals surface area contributed by atoms with Gasteiger partial charge in [-0.2, -0.15) is 0 Å². The quantitative estimate of drug-likeness (QED) is 0.455. The van der Waals surface area contributed by atoms with Crippen molar-refractivity contribution in [1.29, 1.82) is 0 Å². The highest BCUT2D eigenvalue weighted by Crippen LogP contribution is 2.40. The van der Waals surface area contributed by atoms with Crippen LogP contribution in [0.15, 0.2) is 0 Å². The van der Waals surface area contributed by atoms with E-state index in [9.17, 15) is 0 Å². The second-order valence-corrected chi connectivity index (χ2v) is 6.72. The summed E-state index contributed by atoms with van der Waals surface area (Å²) in [5, 5.41) is 0. The molecule has 0 radical (unpaired) electrons. The van der Waals surface area contributed by atoms with E-state index in [0.717, 1.165) is 24.7 Å². The Hall–Kier alpha value is -0.520. The molecule has 1 aliphatic carbocycles. The average Bonchev–Trinajstić information content (AvgIpc) is 2.34. The molecule has 18 heavy (non-hydrogen) atoms. The fourth-order valence-electron chi connectivity index (χ4n) is 3.20. The SMILES string of the molecule is CC#CCCC(NN)C1CCC(C(C)(C)C)CC1. The minimum absolute atomic E-state index is 0.451. The van der Waals surface area contributed by atoms with Gasteiger partial charge in [-0.3, -0.25) is 11.3 Å². The van der Waals surface area contributed by atoms with Crippen LogP contribution in [-0.4, -0.2) is 6.04 Å². The molecule has 2 heteroatoms. The molecule has 1 fully saturated rings. The predicted molar refractivity (Wildman–Crippen MR) is 78.7 cm³/mol. The van der Waals surface area contributed by atoms with E-state index in [-0.39, 0.29) is 0 Å². The second kappa shape index (κ2) is 7.16. The van der Waals surface area contributed by atoms with Gasteiger partial charge >= 0.3 is 0 Å². The number of nitrogens with one attached hydrogen (secondary N) is 1. The molecule has 0 saturated heterocycles. The smallest absolute Gasteiger partial charge is 0.0247 e. The van der Waals surface area contributed by atoms with E-state index in [1.54, 1.807) is 0 Å². The van der Waals surface area contributed by atoms with Gasteiger partial charge in [0.15, 0.2) is 0 Å². The Balaban J connectivity index is 2.41. The zero-order chi connectivity index (χ0) is 13.6. The van der Waals surface area contributed by atoms with E-state index in [1.807, 2.05) is 6.92 Å². The fraction of sp³-hybridized carbons (Fsp3) is 0.875. The Kier molecular flexibility index (Phi) is 6.18. The Labute approximate surface area is 113 Å². The molecule has 1 rings (SSSR count). The second-order valence-electron chi connectivity index (χ2n) is 6.72. The molecule has 0 amide bonds. The van der Waals surface area contributed by atoms with Gasteiger partial charge in [0.05, 0.1) is 0 Å². The Bertz CT molecular complexity index is 284. The summed E-state index contributed by atoms with van der Waals surface area (Å²) in [6.45, 7) is 9.01. The highest BCUT2D eigenvalue weighted by molar-refractivity contribution is 4.96.